The second-order valence-electron chi connectivity index (χ2n) is 9.45. The van der Waals surface area contributed by atoms with E-state index < -0.39 is 0 Å². The van der Waals surface area contributed by atoms with E-state index in [1.807, 2.05) is 19.1 Å². The molecule has 1 amide bonds. The number of likely N-dealkylation sites (tertiary alicyclic amines) is 2. The lowest BCUT2D eigenvalue weighted by Crippen LogP contribution is -2.44. The summed E-state index contributed by atoms with van der Waals surface area (Å²) in [6.07, 6.45) is 6.92. The van der Waals surface area contributed by atoms with Crippen molar-refractivity contribution in [1.82, 2.24) is 20.1 Å². The molecule has 31 heavy (non-hydrogen) atoms. The van der Waals surface area contributed by atoms with Crippen molar-refractivity contribution in [3.63, 3.8) is 0 Å². The zero-order chi connectivity index (χ0) is 22.0. The number of rotatable bonds is 4. The molecule has 4 saturated heterocycles. The molecule has 2 N–H and O–H groups in total. The summed E-state index contributed by atoms with van der Waals surface area (Å²) in [6.45, 7) is 6.98. The molecule has 5 rings (SSSR count). The fourth-order valence-electron chi connectivity index (χ4n) is 6.17. The Balaban J connectivity index is 0.000000730. The minimum Gasteiger partial charge on any atom is -0.483 e. The Kier molecular flexibility index (Phi) is 6.60. The predicted molar refractivity (Wildman–Crippen MR) is 116 cm³/mol. The van der Waals surface area contributed by atoms with E-state index in [4.69, 9.17) is 14.6 Å². The topological polar surface area (TPSA) is 95.0 Å². The fraction of sp³-hybridized carbons (Fsp3) is 0.696. The fourth-order valence-corrected chi connectivity index (χ4v) is 6.17. The molecule has 5 heterocycles. The molecule has 8 heteroatoms. The van der Waals surface area contributed by atoms with Gasteiger partial charge in [-0.05, 0) is 64.9 Å². The number of carboxylic acid groups (broad SMARTS) is 1. The van der Waals surface area contributed by atoms with Crippen molar-refractivity contribution in [2.24, 2.45) is 11.8 Å². The van der Waals surface area contributed by atoms with Crippen LogP contribution in [-0.4, -0.2) is 89.8 Å². The quantitative estimate of drug-likeness (QED) is 0.697. The number of fused-ring (bicyclic) bond motifs is 1. The lowest BCUT2D eigenvalue weighted by molar-refractivity contribution is -0.122. The highest BCUT2D eigenvalue weighted by Crippen LogP contribution is 2.55. The largest absolute Gasteiger partial charge is 0.483 e. The first kappa shape index (κ1) is 22.2. The van der Waals surface area contributed by atoms with E-state index >= 15 is 0 Å². The number of amides is 1. The maximum absolute atomic E-state index is 12.7. The van der Waals surface area contributed by atoms with E-state index in [-0.39, 0.29) is 18.0 Å². The smallest absolute Gasteiger partial charge is 0.290 e. The predicted octanol–water partition coefficient (Wildman–Crippen LogP) is 1.39. The van der Waals surface area contributed by atoms with Crippen LogP contribution in [0.3, 0.4) is 0 Å². The number of hydrogen-bond acceptors (Lipinski definition) is 6. The van der Waals surface area contributed by atoms with Gasteiger partial charge in [0, 0.05) is 49.4 Å². The van der Waals surface area contributed by atoms with Gasteiger partial charge in [0.1, 0.15) is 0 Å². The van der Waals surface area contributed by atoms with E-state index in [0.29, 0.717) is 36.1 Å². The number of carbonyl (C=O) groups is 2. The van der Waals surface area contributed by atoms with Crippen LogP contribution in [0, 0.1) is 18.8 Å². The van der Waals surface area contributed by atoms with Crippen molar-refractivity contribution in [2.45, 2.75) is 50.4 Å². The molecule has 1 aromatic heterocycles. The van der Waals surface area contributed by atoms with Gasteiger partial charge in [0.2, 0.25) is 0 Å². The van der Waals surface area contributed by atoms with Gasteiger partial charge in [-0.25, -0.2) is 0 Å². The summed E-state index contributed by atoms with van der Waals surface area (Å²) in [5, 5.41) is 10.1. The third kappa shape index (κ3) is 4.33. The molecule has 4 fully saturated rings. The summed E-state index contributed by atoms with van der Waals surface area (Å²) in [7, 11) is 2.22. The highest BCUT2D eigenvalue weighted by molar-refractivity contribution is 5.95. The Morgan fingerprint density at radius 1 is 1.39 bits per heavy atom. The van der Waals surface area contributed by atoms with Gasteiger partial charge in [-0.2, -0.15) is 0 Å². The molecular formula is C23H34N4O4. The average Bonchev–Trinajstić information content (AvgIpc) is 3.42. The van der Waals surface area contributed by atoms with E-state index in [1.54, 1.807) is 6.20 Å². The molecule has 4 aliphatic heterocycles. The number of pyridine rings is 1. The Labute approximate surface area is 184 Å². The maximum atomic E-state index is 12.7. The highest BCUT2D eigenvalue weighted by atomic mass is 16.5. The van der Waals surface area contributed by atoms with Crippen LogP contribution in [0.25, 0.3) is 0 Å². The van der Waals surface area contributed by atoms with Gasteiger partial charge < -0.3 is 20.1 Å². The highest BCUT2D eigenvalue weighted by Gasteiger charge is 2.63. The lowest BCUT2D eigenvalue weighted by atomic mass is 9.73. The molecule has 8 nitrogen and oxygen atoms in total. The third-order valence-corrected chi connectivity index (χ3v) is 7.76. The van der Waals surface area contributed by atoms with Crippen molar-refractivity contribution in [3.8, 4) is 0 Å². The van der Waals surface area contributed by atoms with Crippen LogP contribution < -0.4 is 5.32 Å². The molecule has 1 spiro atoms. The molecule has 0 radical (unpaired) electrons. The minimum absolute atomic E-state index is 0.00686. The van der Waals surface area contributed by atoms with Gasteiger partial charge in [-0.1, -0.05) is 0 Å². The normalized spacial score (nSPS) is 32.9. The lowest BCUT2D eigenvalue weighted by Gasteiger charge is -2.36. The summed E-state index contributed by atoms with van der Waals surface area (Å²) < 4.78 is 6.58. The monoisotopic (exact) mass is 430 g/mol. The number of nitrogens with zero attached hydrogens (tertiary/aromatic N) is 3. The molecule has 0 unspecified atom stereocenters. The van der Waals surface area contributed by atoms with Crippen molar-refractivity contribution in [2.75, 3.05) is 39.8 Å². The molecule has 1 aromatic rings. The summed E-state index contributed by atoms with van der Waals surface area (Å²) in [6, 6.07) is 4.38. The van der Waals surface area contributed by atoms with Gasteiger partial charge in [0.05, 0.1) is 17.3 Å². The van der Waals surface area contributed by atoms with Gasteiger partial charge in [0.15, 0.2) is 0 Å². The number of hydrogen-bond donors (Lipinski definition) is 2. The first-order valence-corrected chi connectivity index (χ1v) is 11.4. The van der Waals surface area contributed by atoms with Crippen molar-refractivity contribution in [1.29, 1.82) is 0 Å². The SMILES string of the molecule is Cc1ncccc1C(=O)NC[C@H]1[C@H]2CN(C3CCN(C)CC3)C[C@]23CC[C@H]1O3.O=CO. The summed E-state index contributed by atoms with van der Waals surface area (Å²) in [4.78, 5) is 30.4. The zero-order valence-electron chi connectivity index (χ0n) is 18.5. The maximum Gasteiger partial charge on any atom is 0.290 e. The van der Waals surface area contributed by atoms with E-state index in [9.17, 15) is 4.79 Å². The van der Waals surface area contributed by atoms with Crippen molar-refractivity contribution in [3.05, 3.63) is 29.6 Å². The van der Waals surface area contributed by atoms with E-state index in [2.05, 4.69) is 27.1 Å². The summed E-state index contributed by atoms with van der Waals surface area (Å²) >= 11 is 0. The number of aromatic nitrogens is 1. The second-order valence-corrected chi connectivity index (χ2v) is 9.45. The van der Waals surface area contributed by atoms with Crippen LogP contribution in [-0.2, 0) is 9.53 Å². The van der Waals surface area contributed by atoms with E-state index in [0.717, 1.165) is 25.2 Å². The molecule has 0 aliphatic carbocycles. The Hall–Kier alpha value is -2.03. The zero-order valence-corrected chi connectivity index (χ0v) is 18.5. The third-order valence-electron chi connectivity index (χ3n) is 7.76. The van der Waals surface area contributed by atoms with Gasteiger partial charge in [-0.15, -0.1) is 0 Å². The van der Waals surface area contributed by atoms with Gasteiger partial charge >= 0.3 is 0 Å². The van der Waals surface area contributed by atoms with Crippen LogP contribution in [0.4, 0.5) is 0 Å². The number of piperidine rings is 1. The number of nitrogens with one attached hydrogen (secondary N) is 1. The molecule has 4 aliphatic rings. The molecule has 0 saturated carbocycles. The summed E-state index contributed by atoms with van der Waals surface area (Å²) in [5.74, 6) is 0.986. The molecule has 4 atom stereocenters. The number of ether oxygens (including phenoxy) is 1. The van der Waals surface area contributed by atoms with Crippen LogP contribution in [0.1, 0.15) is 41.7 Å². The Morgan fingerprint density at radius 3 is 2.84 bits per heavy atom. The first-order valence-electron chi connectivity index (χ1n) is 11.4. The Morgan fingerprint density at radius 2 is 2.13 bits per heavy atom. The van der Waals surface area contributed by atoms with Gasteiger partial charge in [-0.3, -0.25) is 19.5 Å². The number of carbonyl (C=O) groups excluding carboxylic acids is 1. The van der Waals surface area contributed by atoms with Crippen LogP contribution >= 0.6 is 0 Å². The van der Waals surface area contributed by atoms with E-state index in [1.165, 1.54) is 32.4 Å². The molecule has 0 aromatic carbocycles. The molecule has 2 bridgehead atoms. The summed E-state index contributed by atoms with van der Waals surface area (Å²) in [5.41, 5.74) is 1.52. The van der Waals surface area contributed by atoms with Crippen molar-refractivity contribution >= 4 is 12.4 Å². The molecule has 170 valence electrons. The standard InChI is InChI=1S/C22H32N4O2.CH2O2/c1-15-17(4-3-9-23-15)21(27)24-12-18-19-13-26(16-6-10-25(2)11-7-16)14-22(19)8-5-20(18)28-22;2-1-3/h3-4,9,16,18-20H,5-8,10-14H2,1-2H3,(H,24,27);1H,(H,2,3)/t18-,19+,20+,22+;/m0./s1. The first-order chi connectivity index (χ1) is 15.0. The number of aryl methyl sites for hydroxylation is 1. The van der Waals surface area contributed by atoms with Crippen LogP contribution in [0.15, 0.2) is 18.3 Å². The van der Waals surface area contributed by atoms with Crippen LogP contribution in [0.2, 0.25) is 0 Å². The average molecular weight is 431 g/mol. The van der Waals surface area contributed by atoms with Crippen LogP contribution in [0.5, 0.6) is 0 Å². The molecular weight excluding hydrogens is 396 g/mol. The van der Waals surface area contributed by atoms with Gasteiger partial charge in [0.25, 0.3) is 12.4 Å². The Bertz CT molecular complexity index is 798. The minimum atomic E-state index is -0.250. The second kappa shape index (κ2) is 9.22. The van der Waals surface area contributed by atoms with Crippen molar-refractivity contribution < 1.29 is 19.4 Å².